The Balaban J connectivity index is 2.03. The molecule has 23 heavy (non-hydrogen) atoms. The zero-order chi connectivity index (χ0) is 16.4. The summed E-state index contributed by atoms with van der Waals surface area (Å²) in [7, 11) is 0. The number of benzene rings is 1. The quantitative estimate of drug-likeness (QED) is 0.750. The summed E-state index contributed by atoms with van der Waals surface area (Å²) in [5.74, 6) is -1.18. The second-order valence-electron chi connectivity index (χ2n) is 4.67. The Morgan fingerprint density at radius 2 is 2.17 bits per heavy atom. The average molecular weight is 329 g/mol. The predicted molar refractivity (Wildman–Crippen MR) is 84.1 cm³/mol. The van der Waals surface area contributed by atoms with Crippen molar-refractivity contribution in [3.05, 3.63) is 57.5 Å². The van der Waals surface area contributed by atoms with Crippen molar-refractivity contribution in [1.29, 1.82) is 0 Å². The fourth-order valence-corrected chi connectivity index (χ4v) is 2.38. The van der Waals surface area contributed by atoms with Crippen molar-refractivity contribution >= 4 is 22.4 Å². The van der Waals surface area contributed by atoms with Crippen LogP contribution in [0.1, 0.15) is 16.1 Å². The number of aromatic hydroxyl groups is 1. The lowest BCUT2D eigenvalue weighted by Gasteiger charge is -2.08. The number of carbonyl (C=O) groups excluding carboxylic acids is 1. The lowest BCUT2D eigenvalue weighted by molar-refractivity contribution is 0.101. The molecule has 0 aliphatic rings. The lowest BCUT2D eigenvalue weighted by atomic mass is 10.2. The van der Waals surface area contributed by atoms with Crippen molar-refractivity contribution in [2.75, 3.05) is 5.32 Å². The predicted octanol–water partition coefficient (Wildman–Crippen LogP) is 1.35. The summed E-state index contributed by atoms with van der Waals surface area (Å²) in [6, 6.07) is 8.03. The molecule has 0 aliphatic heterocycles. The molecule has 2 N–H and O–H groups in total. The first-order valence-electron chi connectivity index (χ1n) is 6.52. The van der Waals surface area contributed by atoms with Crippen molar-refractivity contribution in [2.45, 2.75) is 6.92 Å². The highest BCUT2D eigenvalue weighted by Gasteiger charge is 2.18. The Morgan fingerprint density at radius 1 is 1.35 bits per heavy atom. The van der Waals surface area contributed by atoms with E-state index in [1.807, 2.05) is 13.0 Å². The average Bonchev–Trinajstić information content (AvgIpc) is 3.00. The molecule has 3 rings (SSSR count). The van der Waals surface area contributed by atoms with E-state index in [4.69, 9.17) is 0 Å². The zero-order valence-electron chi connectivity index (χ0n) is 11.9. The Kier molecular flexibility index (Phi) is 3.85. The molecule has 0 unspecified atom stereocenters. The largest absolute Gasteiger partial charge is 0.505 e. The minimum absolute atomic E-state index is 0.268. The summed E-state index contributed by atoms with van der Waals surface area (Å²) in [4.78, 5) is 24.2. The molecule has 0 radical (unpaired) electrons. The molecule has 0 saturated heterocycles. The van der Waals surface area contributed by atoms with Gasteiger partial charge in [0.05, 0.1) is 5.69 Å². The van der Waals surface area contributed by atoms with E-state index in [0.717, 1.165) is 27.6 Å². The van der Waals surface area contributed by atoms with Gasteiger partial charge in [0.2, 0.25) is 5.13 Å². The molecule has 0 aliphatic carbocycles. The van der Waals surface area contributed by atoms with Crippen LogP contribution < -0.4 is 10.9 Å². The molecule has 1 aromatic carbocycles. The van der Waals surface area contributed by atoms with E-state index in [1.165, 1.54) is 5.51 Å². The summed E-state index contributed by atoms with van der Waals surface area (Å²) >= 11 is 1.13. The molecule has 2 aromatic heterocycles. The summed E-state index contributed by atoms with van der Waals surface area (Å²) in [5.41, 5.74) is 2.07. The van der Waals surface area contributed by atoms with E-state index < -0.39 is 17.2 Å². The third kappa shape index (κ3) is 3.09. The van der Waals surface area contributed by atoms with Crippen LogP contribution in [0, 0.1) is 6.92 Å². The highest BCUT2D eigenvalue weighted by Crippen LogP contribution is 2.16. The Bertz CT molecular complexity index is 920. The van der Waals surface area contributed by atoms with Crippen LogP contribution >= 0.6 is 11.3 Å². The van der Waals surface area contributed by atoms with E-state index in [-0.39, 0.29) is 10.8 Å². The van der Waals surface area contributed by atoms with E-state index in [1.54, 1.807) is 18.2 Å². The van der Waals surface area contributed by atoms with Gasteiger partial charge in [-0.1, -0.05) is 23.5 Å². The van der Waals surface area contributed by atoms with E-state index in [2.05, 4.69) is 20.6 Å². The van der Waals surface area contributed by atoms with Crippen LogP contribution in [0.15, 0.2) is 40.6 Å². The van der Waals surface area contributed by atoms with Crippen LogP contribution in [0.2, 0.25) is 0 Å². The Hall–Kier alpha value is -3.07. The third-order valence-electron chi connectivity index (χ3n) is 2.95. The van der Waals surface area contributed by atoms with Gasteiger partial charge in [-0.15, -0.1) is 10.2 Å². The minimum atomic E-state index is -0.680. The molecule has 0 atom stereocenters. The maximum absolute atomic E-state index is 12.2. The van der Waals surface area contributed by atoms with Gasteiger partial charge in [-0.05, 0) is 24.6 Å². The number of rotatable bonds is 3. The highest BCUT2D eigenvalue weighted by atomic mass is 32.1. The van der Waals surface area contributed by atoms with Crippen LogP contribution in [-0.2, 0) is 0 Å². The second kappa shape index (κ2) is 5.97. The molecule has 116 valence electrons. The molecule has 3 aromatic rings. The smallest absolute Gasteiger partial charge is 0.281 e. The topological polar surface area (TPSA) is 110 Å². The van der Waals surface area contributed by atoms with Gasteiger partial charge < -0.3 is 5.11 Å². The lowest BCUT2D eigenvalue weighted by Crippen LogP contribution is -2.25. The number of hydrogen-bond acceptors (Lipinski definition) is 7. The minimum Gasteiger partial charge on any atom is -0.505 e. The number of nitrogens with one attached hydrogen (secondary N) is 1. The van der Waals surface area contributed by atoms with Gasteiger partial charge in [-0.3, -0.25) is 14.9 Å². The molecular weight excluding hydrogens is 318 g/mol. The molecule has 0 bridgehead atoms. The number of nitrogens with zero attached hydrogens (tertiary/aromatic N) is 4. The monoisotopic (exact) mass is 329 g/mol. The molecule has 1 amide bonds. The standard InChI is InChI=1S/C14H11N5O3S/c1-8-3-2-4-9(5-8)19-11(21)6-10(20)12(18-19)13(22)16-14-17-15-7-23-14/h2-7,20H,1H3,(H,16,17,22). The maximum atomic E-state index is 12.2. The number of carbonyl (C=O) groups is 1. The van der Waals surface area contributed by atoms with Crippen LogP contribution in [0.5, 0.6) is 5.75 Å². The second-order valence-corrected chi connectivity index (χ2v) is 5.50. The Morgan fingerprint density at radius 3 is 2.87 bits per heavy atom. The zero-order valence-corrected chi connectivity index (χ0v) is 12.7. The first-order valence-corrected chi connectivity index (χ1v) is 7.40. The fourth-order valence-electron chi connectivity index (χ4n) is 1.94. The van der Waals surface area contributed by atoms with Crippen LogP contribution in [0.3, 0.4) is 0 Å². The SMILES string of the molecule is Cc1cccc(-n2nc(C(=O)Nc3nncs3)c(O)cc2=O)c1. The first kappa shape index (κ1) is 14.9. The van der Waals surface area contributed by atoms with Crippen molar-refractivity contribution in [3.8, 4) is 11.4 Å². The third-order valence-corrected chi connectivity index (χ3v) is 3.56. The normalized spacial score (nSPS) is 10.5. The molecule has 0 fully saturated rings. The molecule has 9 heteroatoms. The van der Waals surface area contributed by atoms with E-state index in [0.29, 0.717) is 5.69 Å². The molecule has 8 nitrogen and oxygen atoms in total. The van der Waals surface area contributed by atoms with Gasteiger partial charge in [-0.2, -0.15) is 9.78 Å². The molecule has 0 spiro atoms. The van der Waals surface area contributed by atoms with Crippen molar-refractivity contribution in [1.82, 2.24) is 20.0 Å². The summed E-state index contributed by atoms with van der Waals surface area (Å²) in [5, 5.41) is 23.8. The van der Waals surface area contributed by atoms with Crippen LogP contribution in [-0.4, -0.2) is 31.0 Å². The van der Waals surface area contributed by atoms with Crippen LogP contribution in [0.25, 0.3) is 5.69 Å². The molecule has 0 saturated carbocycles. The molecular formula is C14H11N5O3S. The van der Waals surface area contributed by atoms with Gasteiger partial charge in [-0.25, -0.2) is 0 Å². The van der Waals surface area contributed by atoms with Gasteiger partial charge in [0.1, 0.15) is 5.51 Å². The van der Waals surface area contributed by atoms with Crippen molar-refractivity contribution in [2.24, 2.45) is 0 Å². The number of aryl methyl sites for hydroxylation is 1. The van der Waals surface area contributed by atoms with Crippen molar-refractivity contribution < 1.29 is 9.90 Å². The van der Waals surface area contributed by atoms with Gasteiger partial charge in [0, 0.05) is 6.07 Å². The van der Waals surface area contributed by atoms with Gasteiger partial charge in [0.15, 0.2) is 11.4 Å². The van der Waals surface area contributed by atoms with Crippen LogP contribution in [0.4, 0.5) is 5.13 Å². The maximum Gasteiger partial charge on any atom is 0.281 e. The van der Waals surface area contributed by atoms with Gasteiger partial charge in [0.25, 0.3) is 11.5 Å². The number of anilines is 1. The first-order chi connectivity index (χ1) is 11.0. The number of hydrogen-bond donors (Lipinski definition) is 2. The highest BCUT2D eigenvalue weighted by molar-refractivity contribution is 7.13. The summed E-state index contributed by atoms with van der Waals surface area (Å²) in [6.45, 7) is 1.87. The Labute approximate surface area is 134 Å². The van der Waals surface area contributed by atoms with Gasteiger partial charge >= 0.3 is 0 Å². The van der Waals surface area contributed by atoms with E-state index >= 15 is 0 Å². The summed E-state index contributed by atoms with van der Waals surface area (Å²) < 4.78 is 1.06. The fraction of sp³-hybridized carbons (Fsp3) is 0.0714. The molecule has 2 heterocycles. The van der Waals surface area contributed by atoms with Crippen molar-refractivity contribution in [3.63, 3.8) is 0 Å². The number of amides is 1. The summed E-state index contributed by atoms with van der Waals surface area (Å²) in [6.07, 6.45) is 0. The number of aromatic nitrogens is 4. The van der Waals surface area contributed by atoms with E-state index in [9.17, 15) is 14.7 Å².